The van der Waals surface area contributed by atoms with Crippen molar-refractivity contribution in [2.75, 3.05) is 20.1 Å². The van der Waals surface area contributed by atoms with Gasteiger partial charge in [-0.25, -0.2) is 4.68 Å². The van der Waals surface area contributed by atoms with E-state index in [9.17, 15) is 4.79 Å². The molecule has 2 rings (SSSR count). The van der Waals surface area contributed by atoms with Crippen LogP contribution in [-0.2, 0) is 0 Å². The number of halogens is 2. The second kappa shape index (κ2) is 9.30. The summed E-state index contributed by atoms with van der Waals surface area (Å²) in [6.45, 7) is 1.30. The summed E-state index contributed by atoms with van der Waals surface area (Å²) < 4.78 is 1.69. The zero-order valence-electron chi connectivity index (χ0n) is 10.9. The summed E-state index contributed by atoms with van der Waals surface area (Å²) in [5.74, 6) is -0.181. The van der Waals surface area contributed by atoms with Crippen molar-refractivity contribution in [3.63, 3.8) is 0 Å². The zero-order valence-corrected chi connectivity index (χ0v) is 12.6. The van der Waals surface area contributed by atoms with Crippen LogP contribution in [-0.4, -0.2) is 40.8 Å². The van der Waals surface area contributed by atoms with Crippen molar-refractivity contribution in [1.82, 2.24) is 25.4 Å². The van der Waals surface area contributed by atoms with Gasteiger partial charge in [-0.1, -0.05) is 0 Å². The molecule has 1 amide bonds. The predicted octanol–water partition coefficient (Wildman–Crippen LogP) is 1.06. The predicted molar refractivity (Wildman–Crippen MR) is 82.1 cm³/mol. The number of rotatable bonds is 5. The van der Waals surface area contributed by atoms with Crippen LogP contribution < -0.4 is 10.6 Å². The number of carbonyl (C=O) groups excluding carboxylic acids is 1. The third-order valence-corrected chi connectivity index (χ3v) is 2.41. The Morgan fingerprint density at radius 1 is 1.30 bits per heavy atom. The highest BCUT2D eigenvalue weighted by Gasteiger charge is 2.07. The largest absolute Gasteiger partial charge is 0.349 e. The maximum atomic E-state index is 11.8. The first-order valence-corrected chi connectivity index (χ1v) is 5.70. The molecule has 0 aliphatic heterocycles. The van der Waals surface area contributed by atoms with Gasteiger partial charge in [0.15, 0.2) is 0 Å². The zero-order chi connectivity index (χ0) is 12.8. The van der Waals surface area contributed by atoms with Gasteiger partial charge < -0.3 is 10.6 Å². The van der Waals surface area contributed by atoms with E-state index in [-0.39, 0.29) is 30.7 Å². The molecule has 0 saturated carbocycles. The molecule has 0 unspecified atom stereocenters. The van der Waals surface area contributed by atoms with Gasteiger partial charge >= 0.3 is 0 Å². The monoisotopic (exact) mass is 317 g/mol. The minimum absolute atomic E-state index is 0. The lowest BCUT2D eigenvalue weighted by Gasteiger charge is -2.06. The van der Waals surface area contributed by atoms with E-state index >= 15 is 0 Å². The summed E-state index contributed by atoms with van der Waals surface area (Å²) in [6, 6.07) is 5.34. The lowest BCUT2D eigenvalue weighted by molar-refractivity contribution is 0.0949. The first-order chi connectivity index (χ1) is 8.81. The van der Waals surface area contributed by atoms with Crippen LogP contribution in [0.5, 0.6) is 0 Å². The molecule has 8 heteroatoms. The molecule has 0 spiro atoms. The SMILES string of the molecule is CNCCNC(=O)c1cc(-n2cccn2)ccn1.Cl.Cl. The van der Waals surface area contributed by atoms with Gasteiger partial charge in [-0.05, 0) is 25.2 Å². The molecule has 2 N–H and O–H groups in total. The van der Waals surface area contributed by atoms with Crippen molar-refractivity contribution in [3.05, 3.63) is 42.5 Å². The van der Waals surface area contributed by atoms with Gasteiger partial charge in [-0.2, -0.15) is 5.10 Å². The first kappa shape index (κ1) is 18.4. The summed E-state index contributed by atoms with van der Waals surface area (Å²) in [5.41, 5.74) is 1.20. The molecule has 0 fully saturated rings. The van der Waals surface area contributed by atoms with Gasteiger partial charge in [0.25, 0.3) is 5.91 Å². The average molecular weight is 318 g/mol. The normalized spacial score (nSPS) is 9.25. The van der Waals surface area contributed by atoms with Crippen LogP contribution in [0.25, 0.3) is 5.69 Å². The van der Waals surface area contributed by atoms with Crippen molar-refractivity contribution in [1.29, 1.82) is 0 Å². The molecule has 0 saturated heterocycles. The number of nitrogens with zero attached hydrogens (tertiary/aromatic N) is 3. The van der Waals surface area contributed by atoms with Gasteiger partial charge in [0.2, 0.25) is 0 Å². The van der Waals surface area contributed by atoms with Crippen molar-refractivity contribution in [3.8, 4) is 5.69 Å². The Morgan fingerprint density at radius 3 is 2.75 bits per heavy atom. The van der Waals surface area contributed by atoms with Crippen LogP contribution >= 0.6 is 24.8 Å². The number of likely N-dealkylation sites (N-methyl/N-ethyl adjacent to an activating group) is 1. The Bertz CT molecular complexity index is 518. The number of hydrogen-bond acceptors (Lipinski definition) is 4. The Hall–Kier alpha value is -1.63. The topological polar surface area (TPSA) is 71.8 Å². The number of amides is 1. The summed E-state index contributed by atoms with van der Waals surface area (Å²) in [5, 5.41) is 9.85. The van der Waals surface area contributed by atoms with Crippen molar-refractivity contribution in [2.45, 2.75) is 0 Å². The third-order valence-electron chi connectivity index (χ3n) is 2.41. The highest BCUT2D eigenvalue weighted by molar-refractivity contribution is 5.92. The Labute approximate surface area is 129 Å². The first-order valence-electron chi connectivity index (χ1n) is 5.70. The van der Waals surface area contributed by atoms with Crippen LogP contribution in [0.2, 0.25) is 0 Å². The van der Waals surface area contributed by atoms with E-state index < -0.39 is 0 Å². The average Bonchev–Trinajstić information content (AvgIpc) is 2.93. The van der Waals surface area contributed by atoms with E-state index in [0.717, 1.165) is 12.2 Å². The fraction of sp³-hybridized carbons (Fsp3) is 0.250. The molecule has 6 nitrogen and oxygen atoms in total. The standard InChI is InChI=1S/C12H15N5O.2ClH/c1-13-6-7-15-12(18)11-9-10(3-5-14-11)17-8-2-4-16-17;;/h2-5,8-9,13H,6-7H2,1H3,(H,15,18);2*1H. The van der Waals surface area contributed by atoms with Crippen molar-refractivity contribution < 1.29 is 4.79 Å². The molecular weight excluding hydrogens is 301 g/mol. The molecule has 20 heavy (non-hydrogen) atoms. The molecule has 2 aromatic heterocycles. The Balaban J connectivity index is 0.00000180. The summed E-state index contributed by atoms with van der Waals surface area (Å²) in [6.07, 6.45) is 5.11. The summed E-state index contributed by atoms with van der Waals surface area (Å²) in [4.78, 5) is 15.9. The molecule has 0 aliphatic rings. The smallest absolute Gasteiger partial charge is 0.269 e. The number of aromatic nitrogens is 3. The highest BCUT2D eigenvalue weighted by Crippen LogP contribution is 2.06. The highest BCUT2D eigenvalue weighted by atomic mass is 35.5. The minimum Gasteiger partial charge on any atom is -0.349 e. The van der Waals surface area contributed by atoms with E-state index in [4.69, 9.17) is 0 Å². The maximum Gasteiger partial charge on any atom is 0.269 e. The van der Waals surface area contributed by atoms with Gasteiger partial charge in [0.05, 0.1) is 5.69 Å². The lowest BCUT2D eigenvalue weighted by atomic mass is 10.3. The van der Waals surface area contributed by atoms with E-state index in [0.29, 0.717) is 12.2 Å². The van der Waals surface area contributed by atoms with Gasteiger partial charge in [0, 0.05) is 31.7 Å². The Kier molecular flexibility index (Phi) is 8.54. The molecular formula is C12H17Cl2N5O. The number of hydrogen-bond donors (Lipinski definition) is 2. The number of pyridine rings is 1. The van der Waals surface area contributed by atoms with E-state index in [1.165, 1.54) is 0 Å². The summed E-state index contributed by atoms with van der Waals surface area (Å²) in [7, 11) is 1.84. The third kappa shape index (κ3) is 4.80. The molecule has 0 aliphatic carbocycles. The van der Waals surface area contributed by atoms with Gasteiger partial charge in [0.1, 0.15) is 5.69 Å². The lowest BCUT2D eigenvalue weighted by Crippen LogP contribution is -2.31. The molecule has 110 valence electrons. The molecule has 0 radical (unpaired) electrons. The van der Waals surface area contributed by atoms with Crippen LogP contribution in [0.3, 0.4) is 0 Å². The second-order valence-electron chi connectivity index (χ2n) is 3.71. The van der Waals surface area contributed by atoms with E-state index in [1.807, 2.05) is 19.3 Å². The summed E-state index contributed by atoms with van der Waals surface area (Å²) >= 11 is 0. The van der Waals surface area contributed by atoms with E-state index in [1.54, 1.807) is 29.2 Å². The van der Waals surface area contributed by atoms with Crippen LogP contribution in [0.1, 0.15) is 10.5 Å². The van der Waals surface area contributed by atoms with Crippen LogP contribution in [0.15, 0.2) is 36.8 Å². The molecule has 0 bridgehead atoms. The Morgan fingerprint density at radius 2 is 2.10 bits per heavy atom. The fourth-order valence-corrected chi connectivity index (χ4v) is 1.50. The maximum absolute atomic E-state index is 11.8. The molecule has 2 heterocycles. The molecule has 0 aromatic carbocycles. The van der Waals surface area contributed by atoms with Gasteiger partial charge in [-0.15, -0.1) is 24.8 Å². The fourth-order valence-electron chi connectivity index (χ4n) is 1.50. The minimum atomic E-state index is -0.181. The quantitative estimate of drug-likeness (QED) is 0.809. The van der Waals surface area contributed by atoms with E-state index in [2.05, 4.69) is 20.7 Å². The second-order valence-corrected chi connectivity index (χ2v) is 3.71. The van der Waals surface area contributed by atoms with Crippen molar-refractivity contribution in [2.24, 2.45) is 0 Å². The van der Waals surface area contributed by atoms with Crippen molar-refractivity contribution >= 4 is 30.7 Å². The molecule has 2 aromatic rings. The molecule has 0 atom stereocenters. The number of nitrogens with one attached hydrogen (secondary N) is 2. The number of carbonyl (C=O) groups is 1. The van der Waals surface area contributed by atoms with Crippen LogP contribution in [0.4, 0.5) is 0 Å². The van der Waals surface area contributed by atoms with Gasteiger partial charge in [-0.3, -0.25) is 9.78 Å². The van der Waals surface area contributed by atoms with Crippen LogP contribution in [0, 0.1) is 0 Å².